The highest BCUT2D eigenvalue weighted by atomic mass is 14.9. The Morgan fingerprint density at radius 3 is 2.62 bits per heavy atom. The fraction of sp³-hybridized carbons (Fsp3) is 0.600. The number of rotatable bonds is 9. The van der Waals surface area contributed by atoms with Gasteiger partial charge in [0.25, 0.3) is 0 Å². The van der Waals surface area contributed by atoms with Crippen LogP contribution in [0, 0.1) is 5.92 Å². The van der Waals surface area contributed by atoms with E-state index in [1.165, 1.54) is 24.8 Å². The Labute approximate surface area is 101 Å². The van der Waals surface area contributed by atoms with E-state index in [0.717, 1.165) is 19.0 Å². The lowest BCUT2D eigenvalue weighted by molar-refractivity contribution is 0.437. The second kappa shape index (κ2) is 10.7. The number of allylic oxidation sites excluding steroid dienone is 3. The van der Waals surface area contributed by atoms with Crippen LogP contribution in [0.2, 0.25) is 0 Å². The largest absolute Gasteiger partial charge is 0.312 e. The maximum atomic E-state index is 3.68. The summed E-state index contributed by atoms with van der Waals surface area (Å²) in [6, 6.07) is 0. The Balaban J connectivity index is 3.85. The van der Waals surface area contributed by atoms with Crippen LogP contribution < -0.4 is 5.32 Å². The standard InChI is InChI=1S/C15H27N/c1-5-9-11-15(8-4)13-16-12-14(7-3)10-6-2/h5,8-9,11,14,16H,1,6-7,10,12-13H2,2-4H3/b11-9-,15-8+. The van der Waals surface area contributed by atoms with Crippen LogP contribution >= 0.6 is 0 Å². The van der Waals surface area contributed by atoms with Gasteiger partial charge in [-0.15, -0.1) is 0 Å². The zero-order chi connectivity index (χ0) is 12.2. The van der Waals surface area contributed by atoms with Gasteiger partial charge in [-0.2, -0.15) is 0 Å². The van der Waals surface area contributed by atoms with Gasteiger partial charge in [0, 0.05) is 6.54 Å². The van der Waals surface area contributed by atoms with Crippen molar-refractivity contribution in [2.75, 3.05) is 13.1 Å². The van der Waals surface area contributed by atoms with Crippen molar-refractivity contribution in [3.05, 3.63) is 36.5 Å². The zero-order valence-corrected chi connectivity index (χ0v) is 11.1. The molecule has 16 heavy (non-hydrogen) atoms. The fourth-order valence-electron chi connectivity index (χ4n) is 1.73. The SMILES string of the molecule is C=C/C=C\C(=C/C)CNCC(CC)CCC. The average Bonchev–Trinajstić information content (AvgIpc) is 2.32. The maximum absolute atomic E-state index is 3.68. The molecule has 0 saturated carbocycles. The molecule has 0 aromatic rings. The zero-order valence-electron chi connectivity index (χ0n) is 11.1. The van der Waals surface area contributed by atoms with E-state index < -0.39 is 0 Å². The van der Waals surface area contributed by atoms with Gasteiger partial charge in [-0.1, -0.05) is 57.6 Å². The minimum atomic E-state index is 0.825. The minimum Gasteiger partial charge on any atom is -0.312 e. The molecule has 0 spiro atoms. The molecule has 0 aliphatic carbocycles. The highest BCUT2D eigenvalue weighted by molar-refractivity contribution is 5.22. The summed E-state index contributed by atoms with van der Waals surface area (Å²) in [5, 5.41) is 3.53. The van der Waals surface area contributed by atoms with Gasteiger partial charge < -0.3 is 5.32 Å². The van der Waals surface area contributed by atoms with Crippen LogP contribution in [0.15, 0.2) is 36.5 Å². The van der Waals surface area contributed by atoms with E-state index in [1.807, 2.05) is 12.2 Å². The molecule has 0 bridgehead atoms. The van der Waals surface area contributed by atoms with Crippen molar-refractivity contribution in [1.82, 2.24) is 5.32 Å². The van der Waals surface area contributed by atoms with Gasteiger partial charge in [0.05, 0.1) is 0 Å². The van der Waals surface area contributed by atoms with Crippen molar-refractivity contribution in [3.63, 3.8) is 0 Å². The van der Waals surface area contributed by atoms with Crippen molar-refractivity contribution >= 4 is 0 Å². The third-order valence-corrected chi connectivity index (χ3v) is 2.85. The number of nitrogens with one attached hydrogen (secondary N) is 1. The summed E-state index contributed by atoms with van der Waals surface area (Å²) in [5.41, 5.74) is 1.33. The first-order chi connectivity index (χ1) is 7.78. The summed E-state index contributed by atoms with van der Waals surface area (Å²) in [4.78, 5) is 0. The van der Waals surface area contributed by atoms with E-state index in [4.69, 9.17) is 0 Å². The molecule has 0 saturated heterocycles. The third kappa shape index (κ3) is 7.47. The predicted octanol–water partition coefficient (Wildman–Crippen LogP) is 4.09. The maximum Gasteiger partial charge on any atom is 0.0202 e. The molecule has 0 aliphatic heterocycles. The lowest BCUT2D eigenvalue weighted by Crippen LogP contribution is -2.24. The van der Waals surface area contributed by atoms with Crippen molar-refractivity contribution in [2.45, 2.75) is 40.0 Å². The van der Waals surface area contributed by atoms with Gasteiger partial charge >= 0.3 is 0 Å². The van der Waals surface area contributed by atoms with Crippen LogP contribution in [0.1, 0.15) is 40.0 Å². The van der Waals surface area contributed by atoms with E-state index >= 15 is 0 Å². The molecule has 0 aromatic heterocycles. The van der Waals surface area contributed by atoms with E-state index in [2.05, 4.69) is 44.8 Å². The lowest BCUT2D eigenvalue weighted by atomic mass is 10.0. The van der Waals surface area contributed by atoms with Crippen molar-refractivity contribution in [3.8, 4) is 0 Å². The first kappa shape index (κ1) is 15.2. The highest BCUT2D eigenvalue weighted by Crippen LogP contribution is 2.09. The molecular formula is C15H27N. The first-order valence-corrected chi connectivity index (χ1v) is 6.43. The second-order valence-electron chi connectivity index (χ2n) is 4.15. The Morgan fingerprint density at radius 1 is 1.38 bits per heavy atom. The first-order valence-electron chi connectivity index (χ1n) is 6.43. The van der Waals surface area contributed by atoms with E-state index in [-0.39, 0.29) is 0 Å². The summed E-state index contributed by atoms with van der Waals surface area (Å²) in [6.07, 6.45) is 11.9. The van der Waals surface area contributed by atoms with Gasteiger partial charge in [-0.3, -0.25) is 0 Å². The summed E-state index contributed by atoms with van der Waals surface area (Å²) in [6.45, 7) is 12.4. The molecule has 1 unspecified atom stereocenters. The van der Waals surface area contributed by atoms with Crippen molar-refractivity contribution < 1.29 is 0 Å². The van der Waals surface area contributed by atoms with E-state index in [9.17, 15) is 0 Å². The molecule has 0 aliphatic rings. The summed E-state index contributed by atoms with van der Waals surface area (Å²) in [5.74, 6) is 0.825. The van der Waals surface area contributed by atoms with Gasteiger partial charge in [0.15, 0.2) is 0 Å². The van der Waals surface area contributed by atoms with E-state index in [0.29, 0.717) is 0 Å². The van der Waals surface area contributed by atoms with Crippen LogP contribution in [0.5, 0.6) is 0 Å². The topological polar surface area (TPSA) is 12.0 Å². The quantitative estimate of drug-likeness (QED) is 0.578. The van der Waals surface area contributed by atoms with Crippen LogP contribution in [0.3, 0.4) is 0 Å². The van der Waals surface area contributed by atoms with Crippen molar-refractivity contribution in [2.24, 2.45) is 5.92 Å². The van der Waals surface area contributed by atoms with E-state index in [1.54, 1.807) is 0 Å². The average molecular weight is 221 g/mol. The lowest BCUT2D eigenvalue weighted by Gasteiger charge is -2.14. The van der Waals surface area contributed by atoms with Gasteiger partial charge in [-0.25, -0.2) is 0 Å². The predicted molar refractivity (Wildman–Crippen MR) is 74.7 cm³/mol. The molecule has 0 fully saturated rings. The Hall–Kier alpha value is -0.820. The third-order valence-electron chi connectivity index (χ3n) is 2.85. The molecule has 0 radical (unpaired) electrons. The van der Waals surface area contributed by atoms with Crippen LogP contribution in [-0.4, -0.2) is 13.1 Å². The molecule has 92 valence electrons. The monoisotopic (exact) mass is 221 g/mol. The molecule has 0 heterocycles. The molecule has 0 amide bonds. The van der Waals surface area contributed by atoms with Crippen LogP contribution in [-0.2, 0) is 0 Å². The molecular weight excluding hydrogens is 194 g/mol. The second-order valence-corrected chi connectivity index (χ2v) is 4.15. The Kier molecular flexibility index (Phi) is 10.1. The molecule has 0 rings (SSSR count). The normalized spacial score (nSPS) is 14.3. The number of hydrogen-bond donors (Lipinski definition) is 1. The Bertz CT molecular complexity index is 226. The summed E-state index contributed by atoms with van der Waals surface area (Å²) < 4.78 is 0. The molecule has 1 N–H and O–H groups in total. The molecule has 0 aromatic carbocycles. The fourth-order valence-corrected chi connectivity index (χ4v) is 1.73. The summed E-state index contributed by atoms with van der Waals surface area (Å²) in [7, 11) is 0. The van der Waals surface area contributed by atoms with Crippen LogP contribution in [0.25, 0.3) is 0 Å². The van der Waals surface area contributed by atoms with Gasteiger partial charge in [-0.05, 0) is 31.4 Å². The van der Waals surface area contributed by atoms with Gasteiger partial charge in [0.1, 0.15) is 0 Å². The smallest absolute Gasteiger partial charge is 0.0202 e. The molecule has 1 heteroatoms. The minimum absolute atomic E-state index is 0.825. The molecule has 1 atom stereocenters. The highest BCUT2D eigenvalue weighted by Gasteiger charge is 2.03. The van der Waals surface area contributed by atoms with Gasteiger partial charge in [0.2, 0.25) is 0 Å². The number of hydrogen-bond acceptors (Lipinski definition) is 1. The van der Waals surface area contributed by atoms with Crippen molar-refractivity contribution in [1.29, 1.82) is 0 Å². The van der Waals surface area contributed by atoms with Crippen LogP contribution in [0.4, 0.5) is 0 Å². The Morgan fingerprint density at radius 2 is 2.12 bits per heavy atom. The summed E-state index contributed by atoms with van der Waals surface area (Å²) >= 11 is 0. The molecule has 1 nitrogen and oxygen atoms in total.